The summed E-state index contributed by atoms with van der Waals surface area (Å²) in [6.07, 6.45) is 0. The van der Waals surface area contributed by atoms with Crippen molar-refractivity contribution in [1.82, 2.24) is 14.5 Å². The molecule has 0 amide bonds. The summed E-state index contributed by atoms with van der Waals surface area (Å²) in [5.74, 6) is 0.697. The number of hydrogen-bond acceptors (Lipinski definition) is 2. The fraction of sp³-hybridized carbons (Fsp3) is 0. The molecule has 0 aliphatic heterocycles. The minimum Gasteiger partial charge on any atom is -0.309 e. The third-order valence-electron chi connectivity index (χ3n) is 11.0. The van der Waals surface area contributed by atoms with Crippen LogP contribution in [-0.4, -0.2) is 14.5 Å². The highest BCUT2D eigenvalue weighted by Gasteiger charge is 2.22. The van der Waals surface area contributed by atoms with Crippen LogP contribution < -0.4 is 0 Å². The molecule has 0 aliphatic rings. The van der Waals surface area contributed by atoms with Gasteiger partial charge in [-0.15, -0.1) is 0 Å². The van der Waals surface area contributed by atoms with Crippen LogP contribution >= 0.6 is 0 Å². The number of para-hydroxylation sites is 3. The monoisotopic (exact) mass is 699 g/mol. The average Bonchev–Trinajstić information content (AvgIpc) is 3.61. The first kappa shape index (κ1) is 31.2. The van der Waals surface area contributed by atoms with Gasteiger partial charge < -0.3 is 4.57 Å². The molecular weight excluding hydrogens is 667 g/mol. The molecule has 3 heteroatoms. The molecule has 0 atom stereocenters. The molecule has 0 bridgehead atoms. The Morgan fingerprint density at radius 3 is 1.45 bits per heavy atom. The second-order valence-corrected chi connectivity index (χ2v) is 14.1. The number of fused-ring (bicyclic) bond motifs is 9. The lowest BCUT2D eigenvalue weighted by atomic mass is 9.87. The summed E-state index contributed by atoms with van der Waals surface area (Å²) in [6, 6.07) is 71.6. The summed E-state index contributed by atoms with van der Waals surface area (Å²) in [7, 11) is 0. The predicted octanol–water partition coefficient (Wildman–Crippen LogP) is 13.7. The zero-order valence-electron chi connectivity index (χ0n) is 29.9. The van der Waals surface area contributed by atoms with E-state index in [2.05, 4.69) is 193 Å². The summed E-state index contributed by atoms with van der Waals surface area (Å²) in [5, 5.41) is 9.80. The molecule has 0 unspecified atom stereocenters. The van der Waals surface area contributed by atoms with Gasteiger partial charge in [-0.3, -0.25) is 0 Å². The maximum Gasteiger partial charge on any atom is 0.160 e. The summed E-state index contributed by atoms with van der Waals surface area (Å²) >= 11 is 0. The minimum absolute atomic E-state index is 0.697. The topological polar surface area (TPSA) is 30.7 Å². The summed E-state index contributed by atoms with van der Waals surface area (Å²) in [4.78, 5) is 10.6. The van der Waals surface area contributed by atoms with Crippen molar-refractivity contribution in [3.05, 3.63) is 200 Å². The minimum atomic E-state index is 0.697. The second kappa shape index (κ2) is 12.6. The van der Waals surface area contributed by atoms with Crippen molar-refractivity contribution in [3.8, 4) is 50.7 Å². The zero-order valence-corrected chi connectivity index (χ0v) is 29.9. The van der Waals surface area contributed by atoms with Crippen molar-refractivity contribution < 1.29 is 0 Å². The van der Waals surface area contributed by atoms with Crippen molar-refractivity contribution in [1.29, 1.82) is 0 Å². The molecule has 0 fully saturated rings. The van der Waals surface area contributed by atoms with Gasteiger partial charge in [0, 0.05) is 38.7 Å². The average molecular weight is 700 g/mol. The number of hydrogen-bond donors (Lipinski definition) is 0. The Morgan fingerprint density at radius 2 is 0.800 bits per heavy atom. The van der Waals surface area contributed by atoms with Gasteiger partial charge in [0.2, 0.25) is 0 Å². The van der Waals surface area contributed by atoms with Gasteiger partial charge in [-0.1, -0.05) is 164 Å². The van der Waals surface area contributed by atoms with Crippen molar-refractivity contribution in [2.75, 3.05) is 0 Å². The van der Waals surface area contributed by atoms with Crippen LogP contribution in [0.5, 0.6) is 0 Å². The smallest absolute Gasteiger partial charge is 0.160 e. The maximum absolute atomic E-state index is 5.42. The van der Waals surface area contributed by atoms with Crippen LogP contribution in [0, 0.1) is 0 Å². The molecule has 256 valence electrons. The molecular formula is C52H33N3. The van der Waals surface area contributed by atoms with E-state index in [1.54, 1.807) is 0 Å². The molecule has 0 aliphatic carbocycles. The van der Waals surface area contributed by atoms with E-state index in [4.69, 9.17) is 9.97 Å². The third-order valence-corrected chi connectivity index (χ3v) is 11.0. The molecule has 0 N–H and O–H groups in total. The van der Waals surface area contributed by atoms with Gasteiger partial charge in [0.25, 0.3) is 0 Å². The summed E-state index contributed by atoms with van der Waals surface area (Å²) in [5.41, 5.74) is 10.6. The normalized spacial score (nSPS) is 11.6. The Bertz CT molecular complexity index is 3180. The maximum atomic E-state index is 5.42. The van der Waals surface area contributed by atoms with E-state index in [-0.39, 0.29) is 0 Å². The number of aromatic nitrogens is 3. The van der Waals surface area contributed by atoms with Crippen molar-refractivity contribution in [2.45, 2.75) is 0 Å². The Hall–Kier alpha value is -7.36. The summed E-state index contributed by atoms with van der Waals surface area (Å²) in [6.45, 7) is 0. The molecule has 0 spiro atoms. The lowest BCUT2D eigenvalue weighted by molar-refractivity contribution is 1.18. The highest BCUT2D eigenvalue weighted by Crippen LogP contribution is 2.46. The molecule has 0 saturated heterocycles. The van der Waals surface area contributed by atoms with E-state index in [9.17, 15) is 0 Å². The van der Waals surface area contributed by atoms with Crippen molar-refractivity contribution in [2.24, 2.45) is 0 Å². The molecule has 2 heterocycles. The highest BCUT2D eigenvalue weighted by molar-refractivity contribution is 6.27. The van der Waals surface area contributed by atoms with Gasteiger partial charge in [-0.2, -0.15) is 0 Å². The quantitative estimate of drug-likeness (QED) is 0.167. The van der Waals surface area contributed by atoms with E-state index < -0.39 is 0 Å². The lowest BCUT2D eigenvalue weighted by Crippen LogP contribution is -1.99. The third kappa shape index (κ3) is 5.05. The molecule has 11 rings (SSSR count). The largest absolute Gasteiger partial charge is 0.309 e. The highest BCUT2D eigenvalue weighted by atomic mass is 15.0. The van der Waals surface area contributed by atoms with Gasteiger partial charge in [-0.25, -0.2) is 9.97 Å². The molecule has 11 aromatic rings. The molecule has 55 heavy (non-hydrogen) atoms. The SMILES string of the molecule is c1ccc(-c2cc(-c3cc4c5ccccc5c5ccccc5c4cc3-c3cccc4c5ccccc5n(-c5ccccc5)c34)nc(-c3ccccc3)n2)cc1. The number of rotatable bonds is 5. The fourth-order valence-electron chi connectivity index (χ4n) is 8.53. The van der Waals surface area contributed by atoms with Crippen LogP contribution in [-0.2, 0) is 0 Å². The van der Waals surface area contributed by atoms with E-state index in [1.165, 1.54) is 54.1 Å². The predicted molar refractivity (Wildman–Crippen MR) is 231 cm³/mol. The van der Waals surface area contributed by atoms with Crippen molar-refractivity contribution >= 4 is 54.1 Å². The first-order chi connectivity index (χ1) is 27.3. The van der Waals surface area contributed by atoms with E-state index in [1.807, 2.05) is 12.1 Å². The van der Waals surface area contributed by atoms with Gasteiger partial charge in [0.05, 0.1) is 22.4 Å². The molecule has 9 aromatic carbocycles. The van der Waals surface area contributed by atoms with Gasteiger partial charge >= 0.3 is 0 Å². The molecule has 3 nitrogen and oxygen atoms in total. The molecule has 0 saturated carbocycles. The number of nitrogens with zero attached hydrogens (tertiary/aromatic N) is 3. The number of benzene rings is 9. The Balaban J connectivity index is 1.32. The van der Waals surface area contributed by atoms with E-state index >= 15 is 0 Å². The van der Waals surface area contributed by atoms with Gasteiger partial charge in [0.15, 0.2) is 5.82 Å². The van der Waals surface area contributed by atoms with Crippen LogP contribution in [0.3, 0.4) is 0 Å². The van der Waals surface area contributed by atoms with E-state index in [0.29, 0.717) is 5.82 Å². The molecule has 2 aromatic heterocycles. The Kier molecular flexibility index (Phi) is 7.17. The van der Waals surface area contributed by atoms with E-state index in [0.717, 1.165) is 44.9 Å². The van der Waals surface area contributed by atoms with Crippen LogP contribution in [0.4, 0.5) is 0 Å². The van der Waals surface area contributed by atoms with Crippen LogP contribution in [0.1, 0.15) is 0 Å². The second-order valence-electron chi connectivity index (χ2n) is 14.1. The summed E-state index contributed by atoms with van der Waals surface area (Å²) < 4.78 is 2.43. The lowest BCUT2D eigenvalue weighted by Gasteiger charge is -2.19. The van der Waals surface area contributed by atoms with Gasteiger partial charge in [0.1, 0.15) is 0 Å². The Labute approximate surface area is 318 Å². The van der Waals surface area contributed by atoms with Crippen molar-refractivity contribution in [3.63, 3.8) is 0 Å². The Morgan fingerprint density at radius 1 is 0.309 bits per heavy atom. The van der Waals surface area contributed by atoms with Crippen LogP contribution in [0.2, 0.25) is 0 Å². The standard InChI is InChI=1S/C52H33N3/c1-4-17-34(18-5-1)48-33-49(54-52(53-48)35-19-6-2-7-20-35)47-32-45-40-26-13-11-24-38(40)37-23-10-12-25-39(37)44(45)31-46(47)43-29-16-28-42-41-27-14-15-30-50(41)55(51(42)43)36-21-8-3-9-22-36/h1-33H. The first-order valence-electron chi connectivity index (χ1n) is 18.8. The fourth-order valence-corrected chi connectivity index (χ4v) is 8.53. The zero-order chi connectivity index (χ0) is 36.3. The van der Waals surface area contributed by atoms with Crippen LogP contribution in [0.25, 0.3) is 105 Å². The van der Waals surface area contributed by atoms with Gasteiger partial charge in [-0.05, 0) is 74.3 Å². The molecule has 0 radical (unpaired) electrons. The van der Waals surface area contributed by atoms with Crippen LogP contribution in [0.15, 0.2) is 200 Å². The first-order valence-corrected chi connectivity index (χ1v) is 18.8.